The van der Waals surface area contributed by atoms with Gasteiger partial charge in [-0.25, -0.2) is 0 Å². The topological polar surface area (TPSA) is 50.8 Å². The maximum atomic E-state index is 12.5. The van der Waals surface area contributed by atoms with Crippen LogP contribution >= 0.6 is 0 Å². The Morgan fingerprint density at radius 3 is 2.38 bits per heavy atom. The Bertz CT molecular complexity index is 655. The van der Waals surface area contributed by atoms with E-state index in [1.165, 1.54) is 31.2 Å². The van der Waals surface area contributed by atoms with E-state index in [0.29, 0.717) is 6.04 Å². The summed E-state index contributed by atoms with van der Waals surface area (Å²) in [6.07, 6.45) is 9.07. The van der Waals surface area contributed by atoms with Crippen LogP contribution in [0.3, 0.4) is 0 Å². The second-order valence-electron chi connectivity index (χ2n) is 9.16. The maximum absolute atomic E-state index is 12.5. The first kappa shape index (κ1) is 20.7. The van der Waals surface area contributed by atoms with Gasteiger partial charge in [0.1, 0.15) is 5.75 Å². The van der Waals surface area contributed by atoms with E-state index >= 15 is 0 Å². The molecule has 1 N–H and O–H groups in total. The van der Waals surface area contributed by atoms with Gasteiger partial charge >= 0.3 is 0 Å². The summed E-state index contributed by atoms with van der Waals surface area (Å²) in [6, 6.07) is 9.08. The lowest BCUT2D eigenvalue weighted by atomic mass is 9.78. The fourth-order valence-corrected chi connectivity index (χ4v) is 5.48. The number of piperidine rings is 1. The molecule has 4 rings (SSSR count). The zero-order valence-electron chi connectivity index (χ0n) is 17.8. The van der Waals surface area contributed by atoms with Gasteiger partial charge < -0.3 is 19.7 Å². The Hall–Kier alpha value is -1.59. The molecule has 29 heavy (non-hydrogen) atoms. The zero-order chi connectivity index (χ0) is 20.1. The number of carbonyl (C=O) groups excluding carboxylic acids is 1. The van der Waals surface area contributed by atoms with Crippen LogP contribution in [0.2, 0.25) is 0 Å². The lowest BCUT2D eigenvalue weighted by Gasteiger charge is -2.40. The number of benzene rings is 1. The minimum Gasteiger partial charge on any atom is -0.497 e. The van der Waals surface area contributed by atoms with Gasteiger partial charge in [0.2, 0.25) is 5.91 Å². The van der Waals surface area contributed by atoms with E-state index in [0.717, 1.165) is 64.3 Å². The fraction of sp³-hybridized carbons (Fsp3) is 0.708. The number of nitrogens with zero attached hydrogens (tertiary/aromatic N) is 1. The molecule has 160 valence electrons. The molecule has 2 aliphatic heterocycles. The summed E-state index contributed by atoms with van der Waals surface area (Å²) >= 11 is 0. The van der Waals surface area contributed by atoms with Crippen LogP contribution < -0.4 is 10.1 Å². The van der Waals surface area contributed by atoms with E-state index in [1.807, 2.05) is 0 Å². The molecule has 0 bridgehead atoms. The molecule has 3 aliphatic rings. The van der Waals surface area contributed by atoms with Crippen molar-refractivity contribution >= 4 is 5.91 Å². The summed E-state index contributed by atoms with van der Waals surface area (Å²) in [4.78, 5) is 15.2. The normalized spacial score (nSPS) is 23.8. The van der Waals surface area contributed by atoms with Gasteiger partial charge in [-0.1, -0.05) is 25.0 Å². The molecule has 1 aromatic rings. The minimum atomic E-state index is 0.151. The van der Waals surface area contributed by atoms with Crippen molar-refractivity contribution in [2.45, 2.75) is 62.8 Å². The van der Waals surface area contributed by atoms with Gasteiger partial charge in [-0.15, -0.1) is 0 Å². The Kier molecular flexibility index (Phi) is 6.76. The first-order valence-electron chi connectivity index (χ1n) is 11.4. The third-order valence-electron chi connectivity index (χ3n) is 7.32. The van der Waals surface area contributed by atoms with E-state index < -0.39 is 0 Å². The predicted molar refractivity (Wildman–Crippen MR) is 114 cm³/mol. The SMILES string of the molecule is COc1ccc(C2(CN3CCC(NC(=O)C4CCOCC4)CC3)CCCC2)cc1. The molecule has 1 aliphatic carbocycles. The number of hydrogen-bond donors (Lipinski definition) is 1. The van der Waals surface area contributed by atoms with E-state index in [2.05, 4.69) is 34.5 Å². The number of carbonyl (C=O) groups is 1. The monoisotopic (exact) mass is 400 g/mol. The van der Waals surface area contributed by atoms with Crippen LogP contribution in [0.5, 0.6) is 5.75 Å². The van der Waals surface area contributed by atoms with Crippen molar-refractivity contribution in [3.63, 3.8) is 0 Å². The van der Waals surface area contributed by atoms with Crippen molar-refractivity contribution < 1.29 is 14.3 Å². The first-order chi connectivity index (χ1) is 14.2. The number of hydrogen-bond acceptors (Lipinski definition) is 4. The highest BCUT2D eigenvalue weighted by Crippen LogP contribution is 2.42. The highest BCUT2D eigenvalue weighted by atomic mass is 16.5. The molecule has 1 amide bonds. The van der Waals surface area contributed by atoms with Crippen molar-refractivity contribution in [1.29, 1.82) is 0 Å². The summed E-state index contributed by atoms with van der Waals surface area (Å²) in [7, 11) is 1.73. The number of rotatable bonds is 6. The largest absolute Gasteiger partial charge is 0.497 e. The maximum Gasteiger partial charge on any atom is 0.223 e. The van der Waals surface area contributed by atoms with Gasteiger partial charge in [-0.05, 0) is 56.2 Å². The smallest absolute Gasteiger partial charge is 0.223 e. The first-order valence-corrected chi connectivity index (χ1v) is 11.4. The molecule has 2 heterocycles. The summed E-state index contributed by atoms with van der Waals surface area (Å²) in [5.41, 5.74) is 1.75. The molecule has 5 nitrogen and oxygen atoms in total. The summed E-state index contributed by atoms with van der Waals surface area (Å²) in [5, 5.41) is 3.32. The highest BCUT2D eigenvalue weighted by molar-refractivity contribution is 5.79. The van der Waals surface area contributed by atoms with Crippen molar-refractivity contribution in [2.75, 3.05) is 40.0 Å². The third-order valence-corrected chi connectivity index (χ3v) is 7.32. The zero-order valence-corrected chi connectivity index (χ0v) is 17.8. The van der Waals surface area contributed by atoms with Crippen LogP contribution in [0.25, 0.3) is 0 Å². The van der Waals surface area contributed by atoms with Crippen molar-refractivity contribution in [3.8, 4) is 5.75 Å². The summed E-state index contributed by atoms with van der Waals surface area (Å²) < 4.78 is 10.7. The predicted octanol–water partition coefficient (Wildman–Crippen LogP) is 3.51. The summed E-state index contributed by atoms with van der Waals surface area (Å²) in [6.45, 7) is 4.75. The van der Waals surface area contributed by atoms with Gasteiger partial charge in [0, 0.05) is 50.2 Å². The van der Waals surface area contributed by atoms with Gasteiger partial charge in [-0.3, -0.25) is 4.79 Å². The molecular weight excluding hydrogens is 364 g/mol. The summed E-state index contributed by atoms with van der Waals surface area (Å²) in [5.74, 6) is 1.33. The lowest BCUT2D eigenvalue weighted by Crippen LogP contribution is -2.49. The van der Waals surface area contributed by atoms with E-state index in [1.54, 1.807) is 7.11 Å². The molecule has 0 spiro atoms. The second-order valence-corrected chi connectivity index (χ2v) is 9.16. The lowest BCUT2D eigenvalue weighted by molar-refractivity contribution is -0.128. The number of methoxy groups -OCH3 is 1. The molecule has 0 atom stereocenters. The number of likely N-dealkylation sites (tertiary alicyclic amines) is 1. The molecule has 1 saturated carbocycles. The van der Waals surface area contributed by atoms with Crippen LogP contribution in [0.1, 0.15) is 56.9 Å². The van der Waals surface area contributed by atoms with Gasteiger partial charge in [0.05, 0.1) is 7.11 Å². The van der Waals surface area contributed by atoms with Crippen LogP contribution in [0, 0.1) is 5.92 Å². The van der Waals surface area contributed by atoms with Gasteiger partial charge in [0.15, 0.2) is 0 Å². The minimum absolute atomic E-state index is 0.151. The number of ether oxygens (including phenoxy) is 2. The molecule has 0 unspecified atom stereocenters. The Balaban J connectivity index is 1.31. The molecule has 1 aromatic carbocycles. The van der Waals surface area contributed by atoms with E-state index in [-0.39, 0.29) is 17.2 Å². The highest BCUT2D eigenvalue weighted by Gasteiger charge is 2.38. The molecular formula is C24H36N2O3. The quantitative estimate of drug-likeness (QED) is 0.794. The van der Waals surface area contributed by atoms with Crippen molar-refractivity contribution in [1.82, 2.24) is 10.2 Å². The number of nitrogens with one attached hydrogen (secondary N) is 1. The molecule has 2 saturated heterocycles. The van der Waals surface area contributed by atoms with Gasteiger partial charge in [0.25, 0.3) is 0 Å². The van der Waals surface area contributed by atoms with Crippen LogP contribution in [0.4, 0.5) is 0 Å². The van der Waals surface area contributed by atoms with E-state index in [9.17, 15) is 4.79 Å². The Morgan fingerprint density at radius 2 is 1.76 bits per heavy atom. The van der Waals surface area contributed by atoms with Crippen LogP contribution in [0.15, 0.2) is 24.3 Å². The van der Waals surface area contributed by atoms with Crippen LogP contribution in [-0.2, 0) is 14.9 Å². The third kappa shape index (κ3) is 4.95. The Morgan fingerprint density at radius 1 is 1.10 bits per heavy atom. The Labute approximate surface area is 175 Å². The molecule has 3 fully saturated rings. The molecule has 5 heteroatoms. The van der Waals surface area contributed by atoms with Crippen molar-refractivity contribution in [3.05, 3.63) is 29.8 Å². The standard InChI is InChI=1S/C24H36N2O3/c1-28-22-6-4-20(5-7-22)24(12-2-3-13-24)18-26-14-8-21(9-15-26)25-23(27)19-10-16-29-17-11-19/h4-7,19,21H,2-3,8-18H2,1H3,(H,25,27). The second kappa shape index (κ2) is 9.48. The average molecular weight is 401 g/mol. The molecule has 0 radical (unpaired) electrons. The average Bonchev–Trinajstić information content (AvgIpc) is 3.25. The van der Waals surface area contributed by atoms with Gasteiger partial charge in [-0.2, -0.15) is 0 Å². The van der Waals surface area contributed by atoms with Crippen molar-refractivity contribution in [2.24, 2.45) is 5.92 Å². The number of amides is 1. The molecule has 0 aromatic heterocycles. The fourth-order valence-electron chi connectivity index (χ4n) is 5.48. The van der Waals surface area contributed by atoms with E-state index in [4.69, 9.17) is 9.47 Å². The van der Waals surface area contributed by atoms with Crippen LogP contribution in [-0.4, -0.2) is 56.8 Å².